The average Bonchev–Trinajstić information content (AvgIpc) is 2.94. The number of hydrogen-bond acceptors (Lipinski definition) is 3. The maximum atomic E-state index is 12.9. The fourth-order valence-electron chi connectivity index (χ4n) is 4.23. The maximum Gasteiger partial charge on any atom is 0.246 e. The molecule has 1 aliphatic carbocycles. The molecule has 4 unspecified atom stereocenters. The van der Waals surface area contributed by atoms with Crippen LogP contribution in [-0.4, -0.2) is 57.3 Å². The lowest BCUT2D eigenvalue weighted by Gasteiger charge is -2.48. The SMILES string of the molecule is CCSC1CCC(N2C(=O)C3CCCCN3C(=O)C2C)C1. The van der Waals surface area contributed by atoms with Crippen molar-refractivity contribution in [3.63, 3.8) is 0 Å². The van der Waals surface area contributed by atoms with E-state index in [0.717, 1.165) is 44.4 Å². The van der Waals surface area contributed by atoms with Crippen LogP contribution in [0.3, 0.4) is 0 Å². The zero-order valence-corrected chi connectivity index (χ0v) is 13.9. The molecule has 1 saturated carbocycles. The Labute approximate surface area is 131 Å². The van der Waals surface area contributed by atoms with Gasteiger partial charge in [-0.3, -0.25) is 9.59 Å². The van der Waals surface area contributed by atoms with E-state index >= 15 is 0 Å². The smallest absolute Gasteiger partial charge is 0.246 e. The summed E-state index contributed by atoms with van der Waals surface area (Å²) in [4.78, 5) is 29.3. The Bertz CT molecular complexity index is 429. The predicted molar refractivity (Wildman–Crippen MR) is 85.2 cm³/mol. The Morgan fingerprint density at radius 3 is 2.71 bits per heavy atom. The van der Waals surface area contributed by atoms with Gasteiger partial charge in [0.1, 0.15) is 12.1 Å². The summed E-state index contributed by atoms with van der Waals surface area (Å²) < 4.78 is 0. The number of fused-ring (bicyclic) bond motifs is 1. The molecule has 0 spiro atoms. The number of carbonyl (C=O) groups is 2. The summed E-state index contributed by atoms with van der Waals surface area (Å²) in [5, 5.41) is 0.666. The molecule has 0 aromatic rings. The molecule has 3 aliphatic rings. The lowest BCUT2D eigenvalue weighted by Crippen LogP contribution is -2.66. The van der Waals surface area contributed by atoms with E-state index in [0.29, 0.717) is 5.25 Å². The summed E-state index contributed by atoms with van der Waals surface area (Å²) in [6.45, 7) is 4.88. The number of thioether (sulfide) groups is 1. The molecular weight excluding hydrogens is 284 g/mol. The van der Waals surface area contributed by atoms with Crippen LogP contribution in [0.4, 0.5) is 0 Å². The minimum Gasteiger partial charge on any atom is -0.329 e. The van der Waals surface area contributed by atoms with Crippen molar-refractivity contribution in [2.45, 2.75) is 75.7 Å². The van der Waals surface area contributed by atoms with Crippen LogP contribution in [0, 0.1) is 0 Å². The van der Waals surface area contributed by atoms with E-state index in [1.54, 1.807) is 0 Å². The van der Waals surface area contributed by atoms with E-state index in [2.05, 4.69) is 6.92 Å². The molecule has 2 heterocycles. The first-order valence-electron chi connectivity index (χ1n) is 8.37. The average molecular weight is 310 g/mol. The van der Waals surface area contributed by atoms with Crippen LogP contribution in [0.1, 0.15) is 52.4 Å². The first kappa shape index (κ1) is 15.2. The Hall–Kier alpha value is -0.710. The van der Waals surface area contributed by atoms with Gasteiger partial charge in [-0.1, -0.05) is 6.92 Å². The van der Waals surface area contributed by atoms with Crippen molar-refractivity contribution in [3.05, 3.63) is 0 Å². The van der Waals surface area contributed by atoms with Crippen molar-refractivity contribution in [2.24, 2.45) is 0 Å². The van der Waals surface area contributed by atoms with Crippen LogP contribution in [0.15, 0.2) is 0 Å². The van der Waals surface area contributed by atoms with Gasteiger partial charge in [-0.25, -0.2) is 0 Å². The zero-order valence-electron chi connectivity index (χ0n) is 13.1. The molecule has 0 aromatic heterocycles. The third-order valence-corrected chi connectivity index (χ3v) is 6.49. The second-order valence-corrected chi connectivity index (χ2v) is 8.09. The lowest BCUT2D eigenvalue weighted by atomic mass is 9.94. The van der Waals surface area contributed by atoms with Gasteiger partial charge in [0, 0.05) is 17.8 Å². The van der Waals surface area contributed by atoms with Crippen molar-refractivity contribution in [2.75, 3.05) is 12.3 Å². The highest BCUT2D eigenvalue weighted by molar-refractivity contribution is 7.99. The van der Waals surface area contributed by atoms with E-state index in [4.69, 9.17) is 0 Å². The zero-order chi connectivity index (χ0) is 15.0. The van der Waals surface area contributed by atoms with E-state index in [1.807, 2.05) is 28.5 Å². The second-order valence-electron chi connectivity index (χ2n) is 6.51. The summed E-state index contributed by atoms with van der Waals surface area (Å²) >= 11 is 2.00. The summed E-state index contributed by atoms with van der Waals surface area (Å²) in [7, 11) is 0. The topological polar surface area (TPSA) is 40.6 Å². The number of nitrogens with zero attached hydrogens (tertiary/aromatic N) is 2. The van der Waals surface area contributed by atoms with Crippen LogP contribution in [0.5, 0.6) is 0 Å². The van der Waals surface area contributed by atoms with Crippen LogP contribution in [0.25, 0.3) is 0 Å². The fourth-order valence-corrected chi connectivity index (χ4v) is 5.36. The van der Waals surface area contributed by atoms with Crippen LogP contribution >= 0.6 is 11.8 Å². The molecule has 2 aliphatic heterocycles. The number of amides is 2. The van der Waals surface area contributed by atoms with Gasteiger partial charge in [0.25, 0.3) is 0 Å². The van der Waals surface area contributed by atoms with E-state index in [1.165, 1.54) is 6.42 Å². The predicted octanol–water partition coefficient (Wildman–Crippen LogP) is 2.27. The Morgan fingerprint density at radius 2 is 1.95 bits per heavy atom. The van der Waals surface area contributed by atoms with E-state index < -0.39 is 0 Å². The molecule has 5 heteroatoms. The van der Waals surface area contributed by atoms with Crippen molar-refractivity contribution in [1.82, 2.24) is 9.80 Å². The van der Waals surface area contributed by atoms with Gasteiger partial charge < -0.3 is 9.80 Å². The van der Waals surface area contributed by atoms with E-state index in [9.17, 15) is 9.59 Å². The quantitative estimate of drug-likeness (QED) is 0.803. The van der Waals surface area contributed by atoms with Gasteiger partial charge in [0.05, 0.1) is 0 Å². The third kappa shape index (κ3) is 2.69. The van der Waals surface area contributed by atoms with Gasteiger partial charge in [0.2, 0.25) is 11.8 Å². The molecule has 0 N–H and O–H groups in total. The summed E-state index contributed by atoms with van der Waals surface area (Å²) in [6.07, 6.45) is 6.28. The molecule has 0 aromatic carbocycles. The van der Waals surface area contributed by atoms with Gasteiger partial charge in [0.15, 0.2) is 0 Å². The summed E-state index contributed by atoms with van der Waals surface area (Å²) in [6, 6.07) is -0.146. The normalized spacial score (nSPS) is 37.0. The second kappa shape index (κ2) is 6.19. The molecular formula is C16H26N2O2S. The van der Waals surface area contributed by atoms with Crippen molar-refractivity contribution in [3.8, 4) is 0 Å². The van der Waals surface area contributed by atoms with Crippen LogP contribution < -0.4 is 0 Å². The number of rotatable bonds is 3. The van der Waals surface area contributed by atoms with Crippen LogP contribution in [-0.2, 0) is 9.59 Å². The molecule has 4 nitrogen and oxygen atoms in total. The minimum atomic E-state index is -0.262. The van der Waals surface area contributed by atoms with Crippen molar-refractivity contribution < 1.29 is 9.59 Å². The highest BCUT2D eigenvalue weighted by Gasteiger charge is 2.48. The lowest BCUT2D eigenvalue weighted by molar-refractivity contribution is -0.165. The van der Waals surface area contributed by atoms with Crippen molar-refractivity contribution in [1.29, 1.82) is 0 Å². The molecule has 0 radical (unpaired) electrons. The number of piperazine rings is 1. The van der Waals surface area contributed by atoms with E-state index in [-0.39, 0.29) is 29.9 Å². The van der Waals surface area contributed by atoms with Gasteiger partial charge >= 0.3 is 0 Å². The number of piperidine rings is 1. The maximum absolute atomic E-state index is 12.9. The standard InChI is InChI=1S/C16H26N2O2S/c1-3-21-13-8-7-12(10-13)18-11(2)15(19)17-9-5-4-6-14(17)16(18)20/h11-14H,3-10H2,1-2H3. The van der Waals surface area contributed by atoms with Gasteiger partial charge in [-0.05, 0) is 51.2 Å². The first-order chi connectivity index (χ1) is 10.1. The molecule has 3 rings (SSSR count). The Balaban J connectivity index is 1.75. The highest BCUT2D eigenvalue weighted by Crippen LogP contribution is 2.36. The largest absolute Gasteiger partial charge is 0.329 e. The number of hydrogen-bond donors (Lipinski definition) is 0. The summed E-state index contributed by atoms with van der Waals surface area (Å²) in [5.41, 5.74) is 0. The molecule has 4 atom stereocenters. The Morgan fingerprint density at radius 1 is 1.14 bits per heavy atom. The third-order valence-electron chi connectivity index (χ3n) is 5.25. The monoisotopic (exact) mass is 310 g/mol. The van der Waals surface area contributed by atoms with Crippen LogP contribution in [0.2, 0.25) is 0 Å². The molecule has 0 bridgehead atoms. The fraction of sp³-hybridized carbons (Fsp3) is 0.875. The molecule has 118 valence electrons. The minimum absolute atomic E-state index is 0.166. The molecule has 3 fully saturated rings. The van der Waals surface area contributed by atoms with Gasteiger partial charge in [-0.2, -0.15) is 11.8 Å². The van der Waals surface area contributed by atoms with Crippen molar-refractivity contribution >= 4 is 23.6 Å². The summed E-state index contributed by atoms with van der Waals surface area (Å²) in [5.74, 6) is 1.52. The first-order valence-corrected chi connectivity index (χ1v) is 9.42. The molecule has 21 heavy (non-hydrogen) atoms. The van der Waals surface area contributed by atoms with Gasteiger partial charge in [-0.15, -0.1) is 0 Å². The highest BCUT2D eigenvalue weighted by atomic mass is 32.2. The Kier molecular flexibility index (Phi) is 4.48. The number of carbonyl (C=O) groups excluding carboxylic acids is 2. The molecule has 2 amide bonds. The molecule has 2 saturated heterocycles.